The van der Waals surface area contributed by atoms with Crippen LogP contribution < -0.4 is 5.73 Å². The van der Waals surface area contributed by atoms with E-state index in [1.807, 2.05) is 0 Å². The smallest absolute Gasteiger partial charge is 0.254 e. The molecule has 2 N–H and O–H groups in total. The summed E-state index contributed by atoms with van der Waals surface area (Å²) in [4.78, 5) is 13.5. The Labute approximate surface area is 118 Å². The van der Waals surface area contributed by atoms with Crippen molar-refractivity contribution in [2.75, 3.05) is 12.8 Å². The molecule has 0 spiro atoms. The number of nitrogens with two attached hydrogens (primary N) is 1. The molecule has 0 atom stereocenters. The van der Waals surface area contributed by atoms with E-state index >= 15 is 0 Å². The molecule has 1 heterocycles. The first-order valence-corrected chi connectivity index (χ1v) is 6.31. The number of amides is 1. The van der Waals surface area contributed by atoms with Gasteiger partial charge in [-0.3, -0.25) is 4.79 Å². The summed E-state index contributed by atoms with van der Waals surface area (Å²) in [6.07, 6.45) is 0. The Kier molecular flexibility index (Phi) is 3.90. The molecule has 6 heteroatoms. The van der Waals surface area contributed by atoms with Crippen molar-refractivity contribution < 1.29 is 13.6 Å². The summed E-state index contributed by atoms with van der Waals surface area (Å²) < 4.78 is 19.2. The lowest BCUT2D eigenvalue weighted by atomic mass is 10.1. The van der Waals surface area contributed by atoms with E-state index in [1.165, 1.54) is 17.0 Å². The highest BCUT2D eigenvalue weighted by molar-refractivity contribution is 9.10. The summed E-state index contributed by atoms with van der Waals surface area (Å²) in [5.41, 5.74) is 5.64. The van der Waals surface area contributed by atoms with E-state index in [9.17, 15) is 9.18 Å². The highest BCUT2D eigenvalue weighted by Gasteiger charge is 2.15. The second-order valence-electron chi connectivity index (χ2n) is 4.10. The second kappa shape index (κ2) is 5.44. The van der Waals surface area contributed by atoms with Crippen molar-refractivity contribution in [2.45, 2.75) is 6.54 Å². The van der Waals surface area contributed by atoms with E-state index in [-0.39, 0.29) is 17.2 Å². The van der Waals surface area contributed by atoms with Gasteiger partial charge in [0.15, 0.2) is 4.67 Å². The molecule has 1 aromatic carbocycles. The fourth-order valence-corrected chi connectivity index (χ4v) is 1.96. The molecule has 2 rings (SSSR count). The fourth-order valence-electron chi connectivity index (χ4n) is 1.62. The minimum Gasteiger partial charge on any atom is -0.452 e. The van der Waals surface area contributed by atoms with Gasteiger partial charge in [-0.25, -0.2) is 4.39 Å². The van der Waals surface area contributed by atoms with Gasteiger partial charge < -0.3 is 15.1 Å². The molecule has 1 amide bonds. The average Bonchev–Trinajstić information content (AvgIpc) is 2.77. The molecule has 0 radical (unpaired) electrons. The van der Waals surface area contributed by atoms with Crippen LogP contribution in [0.15, 0.2) is 39.4 Å². The Morgan fingerprint density at radius 2 is 2.16 bits per heavy atom. The van der Waals surface area contributed by atoms with Gasteiger partial charge in [0.2, 0.25) is 0 Å². The van der Waals surface area contributed by atoms with Crippen molar-refractivity contribution in [1.29, 1.82) is 0 Å². The monoisotopic (exact) mass is 326 g/mol. The van der Waals surface area contributed by atoms with Crippen LogP contribution in [0.4, 0.5) is 10.1 Å². The SMILES string of the molecule is CN(Cc1ccc(Br)o1)C(=O)c1ccc(N)c(F)c1. The Bertz CT molecular complexity index is 612. The number of carbonyl (C=O) groups is 1. The molecule has 100 valence electrons. The first-order chi connectivity index (χ1) is 8.97. The van der Waals surface area contributed by atoms with Crippen LogP contribution in [-0.4, -0.2) is 17.9 Å². The first kappa shape index (κ1) is 13.6. The molecule has 0 aliphatic rings. The van der Waals surface area contributed by atoms with Gasteiger partial charge in [0.05, 0.1) is 12.2 Å². The third kappa shape index (κ3) is 3.14. The number of carbonyl (C=O) groups excluding carboxylic acids is 1. The summed E-state index contributed by atoms with van der Waals surface area (Å²) >= 11 is 3.19. The number of nitrogens with zero attached hydrogens (tertiary/aromatic N) is 1. The summed E-state index contributed by atoms with van der Waals surface area (Å²) in [5.74, 6) is -0.259. The van der Waals surface area contributed by atoms with Gasteiger partial charge in [-0.2, -0.15) is 0 Å². The molecule has 0 aliphatic carbocycles. The van der Waals surface area contributed by atoms with E-state index in [0.717, 1.165) is 6.07 Å². The van der Waals surface area contributed by atoms with Gasteiger partial charge in [0.25, 0.3) is 5.91 Å². The third-order valence-electron chi connectivity index (χ3n) is 2.62. The van der Waals surface area contributed by atoms with E-state index in [2.05, 4.69) is 15.9 Å². The van der Waals surface area contributed by atoms with Crippen molar-refractivity contribution in [2.24, 2.45) is 0 Å². The molecule has 19 heavy (non-hydrogen) atoms. The number of hydrogen-bond acceptors (Lipinski definition) is 3. The Morgan fingerprint density at radius 1 is 1.42 bits per heavy atom. The van der Waals surface area contributed by atoms with Crippen LogP contribution in [0.3, 0.4) is 0 Å². The van der Waals surface area contributed by atoms with Gasteiger partial charge in [0.1, 0.15) is 11.6 Å². The van der Waals surface area contributed by atoms with Gasteiger partial charge in [-0.15, -0.1) is 0 Å². The summed E-state index contributed by atoms with van der Waals surface area (Å²) in [6.45, 7) is 0.302. The van der Waals surface area contributed by atoms with Crippen LogP contribution in [0.5, 0.6) is 0 Å². The predicted octanol–water partition coefficient (Wildman–Crippen LogP) is 3.04. The lowest BCUT2D eigenvalue weighted by molar-refractivity contribution is 0.0774. The first-order valence-electron chi connectivity index (χ1n) is 5.52. The molecular weight excluding hydrogens is 315 g/mol. The van der Waals surface area contributed by atoms with E-state index in [1.54, 1.807) is 19.2 Å². The largest absolute Gasteiger partial charge is 0.452 e. The maximum atomic E-state index is 13.3. The van der Waals surface area contributed by atoms with Gasteiger partial charge in [-0.05, 0) is 46.3 Å². The van der Waals surface area contributed by atoms with E-state index in [4.69, 9.17) is 10.2 Å². The summed E-state index contributed by atoms with van der Waals surface area (Å²) in [6, 6.07) is 7.51. The predicted molar refractivity (Wildman–Crippen MR) is 73.0 cm³/mol. The molecule has 2 aromatic rings. The van der Waals surface area contributed by atoms with Crippen LogP contribution >= 0.6 is 15.9 Å². The number of furan rings is 1. The Morgan fingerprint density at radius 3 is 2.74 bits per heavy atom. The van der Waals surface area contributed by atoms with Crippen LogP contribution in [0, 0.1) is 5.82 Å². The van der Waals surface area contributed by atoms with Crippen molar-refractivity contribution in [3.8, 4) is 0 Å². The molecule has 0 saturated carbocycles. The summed E-state index contributed by atoms with van der Waals surface area (Å²) in [5, 5.41) is 0. The number of hydrogen-bond donors (Lipinski definition) is 1. The molecule has 1 aromatic heterocycles. The van der Waals surface area contributed by atoms with Gasteiger partial charge in [0, 0.05) is 12.6 Å². The average molecular weight is 327 g/mol. The number of benzene rings is 1. The maximum Gasteiger partial charge on any atom is 0.254 e. The molecular formula is C13H12BrFN2O2. The maximum absolute atomic E-state index is 13.3. The van der Waals surface area contributed by atoms with Gasteiger partial charge in [-0.1, -0.05) is 0 Å². The number of rotatable bonds is 3. The second-order valence-corrected chi connectivity index (χ2v) is 4.88. The highest BCUT2D eigenvalue weighted by Crippen LogP contribution is 2.17. The molecule has 0 bridgehead atoms. The molecule has 0 fully saturated rings. The lowest BCUT2D eigenvalue weighted by Gasteiger charge is -2.16. The van der Waals surface area contributed by atoms with Crippen LogP contribution in [0.1, 0.15) is 16.1 Å². The Balaban J connectivity index is 2.12. The zero-order valence-electron chi connectivity index (χ0n) is 10.2. The van der Waals surface area contributed by atoms with Gasteiger partial charge >= 0.3 is 0 Å². The standard InChI is InChI=1S/C13H12BrFN2O2/c1-17(7-9-3-5-12(14)19-9)13(18)8-2-4-11(16)10(15)6-8/h2-6H,7,16H2,1H3. The van der Waals surface area contributed by atoms with Crippen molar-refractivity contribution >= 4 is 27.5 Å². The highest BCUT2D eigenvalue weighted by atomic mass is 79.9. The van der Waals surface area contributed by atoms with Crippen LogP contribution in [0.2, 0.25) is 0 Å². The van der Waals surface area contributed by atoms with Crippen molar-refractivity contribution in [3.63, 3.8) is 0 Å². The topological polar surface area (TPSA) is 59.5 Å². The minimum absolute atomic E-state index is 0.0224. The fraction of sp³-hybridized carbons (Fsp3) is 0.154. The Hall–Kier alpha value is -1.82. The minimum atomic E-state index is -0.597. The van der Waals surface area contributed by atoms with E-state index < -0.39 is 5.82 Å². The molecule has 0 unspecified atom stereocenters. The number of halogens is 2. The number of anilines is 1. The lowest BCUT2D eigenvalue weighted by Crippen LogP contribution is -2.26. The zero-order chi connectivity index (χ0) is 14.0. The zero-order valence-corrected chi connectivity index (χ0v) is 11.8. The van der Waals surface area contributed by atoms with Crippen molar-refractivity contribution in [1.82, 2.24) is 4.90 Å². The van der Waals surface area contributed by atoms with Crippen LogP contribution in [-0.2, 0) is 6.54 Å². The quantitative estimate of drug-likeness (QED) is 0.882. The summed E-state index contributed by atoms with van der Waals surface area (Å²) in [7, 11) is 1.62. The third-order valence-corrected chi connectivity index (χ3v) is 3.04. The molecule has 0 aliphatic heterocycles. The molecule has 4 nitrogen and oxygen atoms in total. The van der Waals surface area contributed by atoms with Crippen molar-refractivity contribution in [3.05, 3.63) is 52.1 Å². The number of nitrogen functional groups attached to an aromatic ring is 1. The van der Waals surface area contributed by atoms with Crippen LogP contribution in [0.25, 0.3) is 0 Å². The molecule has 0 saturated heterocycles. The van der Waals surface area contributed by atoms with E-state index in [0.29, 0.717) is 17.0 Å². The normalized spacial score (nSPS) is 10.5.